The van der Waals surface area contributed by atoms with Crippen molar-refractivity contribution in [2.24, 2.45) is 5.92 Å². The van der Waals surface area contributed by atoms with Crippen LogP contribution >= 0.6 is 23.2 Å². The predicted octanol–water partition coefficient (Wildman–Crippen LogP) is 4.51. The fourth-order valence-electron chi connectivity index (χ4n) is 3.40. The summed E-state index contributed by atoms with van der Waals surface area (Å²) in [5.74, 6) is -0.688. The molecule has 0 fully saturated rings. The van der Waals surface area contributed by atoms with Crippen molar-refractivity contribution in [2.75, 3.05) is 23.7 Å². The lowest BCUT2D eigenvalue weighted by Gasteiger charge is -2.32. The molecule has 192 valence electrons. The molecule has 0 aliphatic carbocycles. The van der Waals surface area contributed by atoms with Crippen LogP contribution in [0.1, 0.15) is 38.8 Å². The summed E-state index contributed by atoms with van der Waals surface area (Å²) < 4.78 is 26.3. The van der Waals surface area contributed by atoms with Gasteiger partial charge in [0.05, 0.1) is 11.9 Å². The Morgan fingerprint density at radius 3 is 2.06 bits per heavy atom. The molecule has 7 nitrogen and oxygen atoms in total. The molecule has 0 aliphatic heterocycles. The smallest absolute Gasteiger partial charge is 0.244 e. The van der Waals surface area contributed by atoms with Crippen molar-refractivity contribution in [2.45, 2.75) is 46.7 Å². The van der Waals surface area contributed by atoms with Gasteiger partial charge in [0.25, 0.3) is 0 Å². The van der Waals surface area contributed by atoms with Gasteiger partial charge in [-0.15, -0.1) is 0 Å². The lowest BCUT2D eigenvalue weighted by Crippen LogP contribution is -2.51. The molecular weight excluding hydrogens is 509 g/mol. The van der Waals surface area contributed by atoms with Gasteiger partial charge in [0.15, 0.2) is 0 Å². The van der Waals surface area contributed by atoms with Crippen LogP contribution in [0.4, 0.5) is 5.69 Å². The number of sulfonamides is 1. The number of anilines is 1. The van der Waals surface area contributed by atoms with Gasteiger partial charge in [0.1, 0.15) is 12.6 Å². The van der Waals surface area contributed by atoms with E-state index in [1.807, 2.05) is 32.9 Å². The second-order valence-corrected chi connectivity index (χ2v) is 11.5. The Kier molecular flexibility index (Phi) is 10.4. The van der Waals surface area contributed by atoms with E-state index in [4.69, 9.17) is 23.2 Å². The standard InChI is InChI=1S/C25H33Cl2N3O4S/c1-6-19-10-12-20(13-11-19)30(35(5,33)34)16-24(31)29(18(4)25(32)28-14-17(2)3)15-21-22(26)8-7-9-23(21)27/h7-13,17-18H,6,14-16H2,1-5H3,(H,28,32)/t18-/m0/s1. The number of benzene rings is 2. The summed E-state index contributed by atoms with van der Waals surface area (Å²) in [6.45, 7) is 7.43. The molecule has 0 unspecified atom stereocenters. The average molecular weight is 543 g/mol. The number of nitrogens with one attached hydrogen (secondary N) is 1. The second kappa shape index (κ2) is 12.6. The summed E-state index contributed by atoms with van der Waals surface area (Å²) in [7, 11) is -3.79. The van der Waals surface area contributed by atoms with Gasteiger partial charge < -0.3 is 10.2 Å². The van der Waals surface area contributed by atoms with Crippen molar-refractivity contribution in [3.63, 3.8) is 0 Å². The van der Waals surface area contributed by atoms with Crippen molar-refractivity contribution in [3.8, 4) is 0 Å². The van der Waals surface area contributed by atoms with Gasteiger partial charge in [0.2, 0.25) is 21.8 Å². The fourth-order valence-corrected chi connectivity index (χ4v) is 4.77. The van der Waals surface area contributed by atoms with Crippen LogP contribution in [0.2, 0.25) is 10.0 Å². The zero-order valence-electron chi connectivity index (χ0n) is 20.7. The molecule has 2 amide bonds. The van der Waals surface area contributed by atoms with Crippen LogP contribution in [0.3, 0.4) is 0 Å². The fraction of sp³-hybridized carbons (Fsp3) is 0.440. The SMILES string of the molecule is CCc1ccc(N(CC(=O)N(Cc2c(Cl)cccc2Cl)[C@@H](C)C(=O)NCC(C)C)S(C)(=O)=O)cc1. The minimum Gasteiger partial charge on any atom is -0.354 e. The monoisotopic (exact) mass is 541 g/mol. The highest BCUT2D eigenvalue weighted by Crippen LogP contribution is 2.27. The normalized spacial score (nSPS) is 12.3. The molecule has 1 atom stereocenters. The third kappa shape index (κ3) is 8.12. The molecule has 0 aliphatic rings. The summed E-state index contributed by atoms with van der Waals surface area (Å²) in [6, 6.07) is 11.1. The first kappa shape index (κ1) is 28.9. The molecule has 0 bridgehead atoms. The highest BCUT2D eigenvalue weighted by Gasteiger charge is 2.31. The zero-order valence-corrected chi connectivity index (χ0v) is 23.0. The molecule has 2 aromatic rings. The molecule has 1 N–H and O–H groups in total. The Balaban J connectivity index is 2.42. The summed E-state index contributed by atoms with van der Waals surface area (Å²) in [6.07, 6.45) is 1.84. The minimum absolute atomic E-state index is 0.0556. The van der Waals surface area contributed by atoms with E-state index in [1.165, 1.54) is 4.90 Å². The number of hydrogen-bond donors (Lipinski definition) is 1. The summed E-state index contributed by atoms with van der Waals surface area (Å²) >= 11 is 12.7. The van der Waals surface area contributed by atoms with Gasteiger partial charge >= 0.3 is 0 Å². The Hall–Kier alpha value is -2.29. The molecule has 0 spiro atoms. The number of carbonyl (C=O) groups excluding carboxylic acids is 2. The number of amides is 2. The lowest BCUT2D eigenvalue weighted by atomic mass is 10.1. The number of hydrogen-bond acceptors (Lipinski definition) is 4. The molecule has 0 saturated heterocycles. The van der Waals surface area contributed by atoms with Crippen molar-refractivity contribution < 1.29 is 18.0 Å². The summed E-state index contributed by atoms with van der Waals surface area (Å²) in [4.78, 5) is 27.7. The van der Waals surface area contributed by atoms with Crippen LogP contribution < -0.4 is 9.62 Å². The van der Waals surface area contributed by atoms with Gasteiger partial charge in [0, 0.05) is 28.7 Å². The molecule has 0 aromatic heterocycles. The second-order valence-electron chi connectivity index (χ2n) is 8.83. The van der Waals surface area contributed by atoms with Gasteiger partial charge in [-0.05, 0) is 49.1 Å². The molecule has 2 rings (SSSR count). The van der Waals surface area contributed by atoms with Gasteiger partial charge in [-0.25, -0.2) is 8.42 Å². The molecule has 10 heteroatoms. The van der Waals surface area contributed by atoms with Crippen LogP contribution in [-0.2, 0) is 32.6 Å². The van der Waals surface area contributed by atoms with E-state index in [-0.39, 0.29) is 18.4 Å². The van der Waals surface area contributed by atoms with E-state index in [9.17, 15) is 18.0 Å². The van der Waals surface area contributed by atoms with Crippen LogP contribution in [-0.4, -0.2) is 50.5 Å². The van der Waals surface area contributed by atoms with Crippen LogP contribution in [0, 0.1) is 5.92 Å². The average Bonchev–Trinajstić information content (AvgIpc) is 2.79. The van der Waals surface area contributed by atoms with Crippen LogP contribution in [0.5, 0.6) is 0 Å². The summed E-state index contributed by atoms with van der Waals surface area (Å²) in [5.41, 5.74) is 1.88. The first-order valence-electron chi connectivity index (χ1n) is 11.4. The van der Waals surface area contributed by atoms with Crippen LogP contribution in [0.25, 0.3) is 0 Å². The highest BCUT2D eigenvalue weighted by atomic mass is 35.5. The van der Waals surface area contributed by atoms with Crippen molar-refractivity contribution in [3.05, 3.63) is 63.6 Å². The lowest BCUT2D eigenvalue weighted by molar-refractivity contribution is -0.139. The first-order valence-corrected chi connectivity index (χ1v) is 14.0. The Morgan fingerprint density at radius 1 is 1.00 bits per heavy atom. The molecule has 35 heavy (non-hydrogen) atoms. The molecule has 0 saturated carbocycles. The van der Waals surface area contributed by atoms with E-state index in [0.29, 0.717) is 27.8 Å². The Labute approximate surface area is 218 Å². The van der Waals surface area contributed by atoms with Crippen LogP contribution in [0.15, 0.2) is 42.5 Å². The number of rotatable bonds is 11. The van der Waals surface area contributed by atoms with Gasteiger partial charge in [-0.2, -0.15) is 0 Å². The topological polar surface area (TPSA) is 86.8 Å². The quantitative estimate of drug-likeness (QED) is 0.453. The van der Waals surface area contributed by atoms with Crippen molar-refractivity contribution in [1.29, 1.82) is 0 Å². The van der Waals surface area contributed by atoms with E-state index in [0.717, 1.165) is 22.5 Å². The van der Waals surface area contributed by atoms with Gasteiger partial charge in [-0.3, -0.25) is 13.9 Å². The maximum atomic E-state index is 13.6. The van der Waals surface area contributed by atoms with E-state index < -0.39 is 28.5 Å². The zero-order chi connectivity index (χ0) is 26.3. The van der Waals surface area contributed by atoms with Crippen molar-refractivity contribution >= 4 is 50.7 Å². The third-order valence-corrected chi connectivity index (χ3v) is 7.40. The largest absolute Gasteiger partial charge is 0.354 e. The van der Waals surface area contributed by atoms with Crippen molar-refractivity contribution in [1.82, 2.24) is 10.2 Å². The van der Waals surface area contributed by atoms with E-state index in [1.54, 1.807) is 37.3 Å². The number of nitrogens with zero attached hydrogens (tertiary/aromatic N) is 2. The molecule has 0 radical (unpaired) electrons. The maximum absolute atomic E-state index is 13.6. The highest BCUT2D eigenvalue weighted by molar-refractivity contribution is 7.92. The molecular formula is C25H33Cl2N3O4S. The predicted molar refractivity (Wildman–Crippen MR) is 142 cm³/mol. The maximum Gasteiger partial charge on any atom is 0.244 e. The van der Waals surface area contributed by atoms with E-state index >= 15 is 0 Å². The minimum atomic E-state index is -3.79. The molecule has 2 aromatic carbocycles. The third-order valence-electron chi connectivity index (χ3n) is 5.55. The number of carbonyl (C=O) groups is 2. The van der Waals surface area contributed by atoms with E-state index in [2.05, 4.69) is 5.32 Å². The first-order chi connectivity index (χ1) is 16.3. The van der Waals surface area contributed by atoms with Gasteiger partial charge in [-0.1, -0.05) is 62.2 Å². The number of aryl methyl sites for hydroxylation is 1. The Bertz CT molecular complexity index is 1120. The molecule has 0 heterocycles. The Morgan fingerprint density at radius 2 is 1.57 bits per heavy atom. The number of halogens is 2. The summed E-state index contributed by atoms with van der Waals surface area (Å²) in [5, 5.41) is 3.52.